The van der Waals surface area contributed by atoms with Crippen LogP contribution in [0.2, 0.25) is 0 Å². The predicted octanol–water partition coefficient (Wildman–Crippen LogP) is 0.437. The highest BCUT2D eigenvalue weighted by Gasteiger charge is 2.28. The van der Waals surface area contributed by atoms with E-state index in [4.69, 9.17) is 9.84 Å². The first kappa shape index (κ1) is 17.8. The van der Waals surface area contributed by atoms with Crippen molar-refractivity contribution in [3.8, 4) is 0 Å². The summed E-state index contributed by atoms with van der Waals surface area (Å²) in [4.78, 5) is 0. The lowest BCUT2D eigenvalue weighted by Gasteiger charge is -2.32. The number of rotatable bonds is 9. The SMILES string of the molecule is CCC(C)(CC(O)CO)OCC(O)CC(C)(C)O. The van der Waals surface area contributed by atoms with Crippen molar-refractivity contribution in [2.75, 3.05) is 13.2 Å². The quantitative estimate of drug-likeness (QED) is 0.485. The number of aliphatic hydroxyl groups is 4. The van der Waals surface area contributed by atoms with Crippen LogP contribution in [0.5, 0.6) is 0 Å². The Bertz CT molecular complexity index is 226. The van der Waals surface area contributed by atoms with Gasteiger partial charge >= 0.3 is 0 Å². The Hall–Kier alpha value is -0.200. The summed E-state index contributed by atoms with van der Waals surface area (Å²) in [6, 6.07) is 0. The molecule has 0 aliphatic rings. The number of hydrogen-bond donors (Lipinski definition) is 4. The molecule has 0 amide bonds. The van der Waals surface area contributed by atoms with Crippen LogP contribution < -0.4 is 0 Å². The van der Waals surface area contributed by atoms with Crippen LogP contribution in [0.15, 0.2) is 0 Å². The molecular weight excluding hydrogens is 236 g/mol. The average Bonchev–Trinajstić information content (AvgIpc) is 2.24. The minimum absolute atomic E-state index is 0.104. The second-order valence-electron chi connectivity index (χ2n) is 5.83. The molecule has 0 fully saturated rings. The fraction of sp³-hybridized carbons (Fsp3) is 1.00. The third-order valence-electron chi connectivity index (χ3n) is 2.99. The van der Waals surface area contributed by atoms with Crippen LogP contribution >= 0.6 is 0 Å². The zero-order valence-corrected chi connectivity index (χ0v) is 11.9. The van der Waals surface area contributed by atoms with Crippen molar-refractivity contribution in [2.24, 2.45) is 0 Å². The standard InChI is InChI=1S/C13H28O5/c1-5-13(4,7-10(15)8-14)18-9-11(16)6-12(2,3)17/h10-11,14-17H,5-9H2,1-4H3. The van der Waals surface area contributed by atoms with E-state index in [0.29, 0.717) is 12.8 Å². The monoisotopic (exact) mass is 264 g/mol. The van der Waals surface area contributed by atoms with E-state index in [9.17, 15) is 15.3 Å². The van der Waals surface area contributed by atoms with Crippen LogP contribution in [-0.4, -0.2) is 57.0 Å². The van der Waals surface area contributed by atoms with Crippen molar-refractivity contribution in [3.63, 3.8) is 0 Å². The lowest BCUT2D eigenvalue weighted by molar-refractivity contribution is -0.108. The van der Waals surface area contributed by atoms with Gasteiger partial charge in [0, 0.05) is 12.8 Å². The first-order valence-electron chi connectivity index (χ1n) is 6.45. The smallest absolute Gasteiger partial charge is 0.0801 e. The van der Waals surface area contributed by atoms with Crippen LogP contribution in [0.1, 0.15) is 47.0 Å². The molecule has 0 aromatic carbocycles. The molecule has 0 spiro atoms. The van der Waals surface area contributed by atoms with Gasteiger partial charge in [-0.05, 0) is 27.2 Å². The summed E-state index contributed by atoms with van der Waals surface area (Å²) in [5, 5.41) is 37.6. The maximum absolute atomic E-state index is 9.74. The van der Waals surface area contributed by atoms with Gasteiger partial charge in [-0.3, -0.25) is 0 Å². The van der Waals surface area contributed by atoms with E-state index >= 15 is 0 Å². The third-order valence-corrected chi connectivity index (χ3v) is 2.99. The second-order valence-corrected chi connectivity index (χ2v) is 5.83. The Kier molecular flexibility index (Phi) is 7.32. The van der Waals surface area contributed by atoms with Gasteiger partial charge in [0.2, 0.25) is 0 Å². The molecule has 0 bridgehead atoms. The Morgan fingerprint density at radius 1 is 1.06 bits per heavy atom. The molecule has 0 aliphatic carbocycles. The average molecular weight is 264 g/mol. The summed E-state index contributed by atoms with van der Waals surface area (Å²) < 4.78 is 5.63. The Morgan fingerprint density at radius 2 is 1.61 bits per heavy atom. The van der Waals surface area contributed by atoms with E-state index < -0.39 is 23.4 Å². The molecular formula is C13H28O5. The van der Waals surface area contributed by atoms with Gasteiger partial charge in [-0.1, -0.05) is 6.92 Å². The number of ether oxygens (including phenoxy) is 1. The Labute approximate surface area is 109 Å². The molecule has 18 heavy (non-hydrogen) atoms. The molecule has 5 nitrogen and oxygen atoms in total. The lowest BCUT2D eigenvalue weighted by atomic mass is 9.95. The van der Waals surface area contributed by atoms with Gasteiger partial charge in [0.25, 0.3) is 0 Å². The highest BCUT2D eigenvalue weighted by Crippen LogP contribution is 2.23. The van der Waals surface area contributed by atoms with E-state index in [2.05, 4.69) is 0 Å². The maximum atomic E-state index is 9.74. The predicted molar refractivity (Wildman–Crippen MR) is 69.3 cm³/mol. The van der Waals surface area contributed by atoms with Crippen LogP contribution in [0.25, 0.3) is 0 Å². The van der Waals surface area contributed by atoms with Gasteiger partial charge in [-0.25, -0.2) is 0 Å². The first-order valence-corrected chi connectivity index (χ1v) is 6.45. The van der Waals surface area contributed by atoms with Crippen molar-refractivity contribution in [1.82, 2.24) is 0 Å². The van der Waals surface area contributed by atoms with Gasteiger partial charge in [0.1, 0.15) is 0 Å². The molecule has 0 radical (unpaired) electrons. The number of aliphatic hydroxyl groups excluding tert-OH is 3. The number of hydrogen-bond acceptors (Lipinski definition) is 5. The van der Waals surface area contributed by atoms with Crippen LogP contribution in [0.4, 0.5) is 0 Å². The minimum Gasteiger partial charge on any atom is -0.394 e. The summed E-state index contributed by atoms with van der Waals surface area (Å²) in [7, 11) is 0. The molecule has 0 saturated heterocycles. The van der Waals surface area contributed by atoms with E-state index in [0.717, 1.165) is 0 Å². The van der Waals surface area contributed by atoms with Gasteiger partial charge in [-0.2, -0.15) is 0 Å². The van der Waals surface area contributed by atoms with E-state index in [1.165, 1.54) is 0 Å². The van der Waals surface area contributed by atoms with Gasteiger partial charge in [-0.15, -0.1) is 0 Å². The molecule has 3 atom stereocenters. The van der Waals surface area contributed by atoms with Gasteiger partial charge < -0.3 is 25.2 Å². The normalized spacial score (nSPS) is 19.3. The van der Waals surface area contributed by atoms with Crippen molar-refractivity contribution in [2.45, 2.75) is 70.4 Å². The van der Waals surface area contributed by atoms with Gasteiger partial charge in [0.15, 0.2) is 0 Å². The maximum Gasteiger partial charge on any atom is 0.0801 e. The Balaban J connectivity index is 4.21. The second kappa shape index (κ2) is 7.40. The van der Waals surface area contributed by atoms with Crippen molar-refractivity contribution in [3.05, 3.63) is 0 Å². The van der Waals surface area contributed by atoms with Crippen molar-refractivity contribution in [1.29, 1.82) is 0 Å². The summed E-state index contributed by atoms with van der Waals surface area (Å²) in [6.45, 7) is 6.82. The summed E-state index contributed by atoms with van der Waals surface area (Å²) in [5.74, 6) is 0. The fourth-order valence-electron chi connectivity index (χ4n) is 1.80. The van der Waals surface area contributed by atoms with E-state index in [1.54, 1.807) is 13.8 Å². The molecule has 0 rings (SSSR count). The summed E-state index contributed by atoms with van der Waals surface area (Å²) in [5.41, 5.74) is -1.52. The van der Waals surface area contributed by atoms with Crippen LogP contribution in [0, 0.1) is 0 Å². The Morgan fingerprint density at radius 3 is 2.00 bits per heavy atom. The van der Waals surface area contributed by atoms with E-state index in [1.807, 2.05) is 13.8 Å². The van der Waals surface area contributed by atoms with Gasteiger partial charge in [0.05, 0.1) is 36.6 Å². The topological polar surface area (TPSA) is 90.2 Å². The molecule has 3 unspecified atom stereocenters. The highest BCUT2D eigenvalue weighted by molar-refractivity contribution is 4.79. The third kappa shape index (κ3) is 8.00. The van der Waals surface area contributed by atoms with Crippen LogP contribution in [-0.2, 0) is 4.74 Å². The minimum atomic E-state index is -0.935. The van der Waals surface area contributed by atoms with Crippen molar-refractivity contribution < 1.29 is 25.2 Å². The summed E-state index contributed by atoms with van der Waals surface area (Å²) >= 11 is 0. The molecule has 0 aromatic heterocycles. The molecule has 4 N–H and O–H groups in total. The molecule has 5 heteroatoms. The zero-order valence-electron chi connectivity index (χ0n) is 11.9. The van der Waals surface area contributed by atoms with E-state index in [-0.39, 0.29) is 19.6 Å². The largest absolute Gasteiger partial charge is 0.394 e. The van der Waals surface area contributed by atoms with Crippen molar-refractivity contribution >= 4 is 0 Å². The highest BCUT2D eigenvalue weighted by atomic mass is 16.5. The molecule has 0 heterocycles. The molecule has 0 saturated carbocycles. The molecule has 110 valence electrons. The fourth-order valence-corrected chi connectivity index (χ4v) is 1.80. The molecule has 0 aliphatic heterocycles. The first-order chi connectivity index (χ1) is 8.12. The van der Waals surface area contributed by atoms with Crippen LogP contribution in [0.3, 0.4) is 0 Å². The molecule has 0 aromatic rings. The summed E-state index contributed by atoms with van der Waals surface area (Å²) in [6.07, 6.45) is -0.354. The zero-order chi connectivity index (χ0) is 14.4. The lowest BCUT2D eigenvalue weighted by Crippen LogP contribution is -2.38.